The predicted octanol–water partition coefficient (Wildman–Crippen LogP) is 3.59. The highest BCUT2D eigenvalue weighted by Gasteiger charge is 2.31. The fraction of sp³-hybridized carbons (Fsp3) is 0.188. The van der Waals surface area contributed by atoms with Crippen molar-refractivity contribution in [3.8, 4) is 11.5 Å². The summed E-state index contributed by atoms with van der Waals surface area (Å²) >= 11 is 0. The molecule has 1 aliphatic carbocycles. The predicted molar refractivity (Wildman–Crippen MR) is 78.7 cm³/mol. The Morgan fingerprint density at radius 3 is 2.33 bits per heavy atom. The normalized spacial score (nSPS) is 13.9. The number of ketones is 1. The number of Topliss-reactive ketones (excluding diaryl/α,β-unsaturated/α-hetero) is 1. The van der Waals surface area contributed by atoms with E-state index >= 15 is 0 Å². The van der Waals surface area contributed by atoms with E-state index in [1.165, 1.54) is 6.07 Å². The van der Waals surface area contributed by atoms with E-state index in [0.717, 1.165) is 18.2 Å². The van der Waals surface area contributed by atoms with Gasteiger partial charge in [0.25, 0.3) is 0 Å². The summed E-state index contributed by atoms with van der Waals surface area (Å²) in [5.74, 6) is -2.13. The van der Waals surface area contributed by atoms with Crippen LogP contribution in [-0.2, 0) is 16.3 Å². The molecule has 3 rings (SSSR count). The third-order valence-corrected chi connectivity index (χ3v) is 4.95. The maximum Gasteiger partial charge on any atom is 0.208 e. The van der Waals surface area contributed by atoms with E-state index in [2.05, 4.69) is 0 Å². The van der Waals surface area contributed by atoms with Gasteiger partial charge in [0.05, 0.1) is 4.90 Å². The van der Waals surface area contributed by atoms with Gasteiger partial charge in [0.15, 0.2) is 11.8 Å². The van der Waals surface area contributed by atoms with Crippen LogP contribution < -0.4 is 4.74 Å². The number of halogens is 3. The standard InChI is InChI=1S/C16H11F3O4S/c17-8-24(21,22)15-4-3-14(12-1-2-13(20)16(12)15)23-11-6-9(18)5-10(19)7-11/h3-7H,1-2,8H2. The largest absolute Gasteiger partial charge is 0.457 e. The summed E-state index contributed by atoms with van der Waals surface area (Å²) in [6.07, 6.45) is 0.263. The van der Waals surface area contributed by atoms with Crippen molar-refractivity contribution in [1.29, 1.82) is 0 Å². The molecule has 0 bridgehead atoms. The lowest BCUT2D eigenvalue weighted by atomic mass is 10.1. The Morgan fingerprint density at radius 2 is 1.71 bits per heavy atom. The number of rotatable bonds is 4. The van der Waals surface area contributed by atoms with Crippen LogP contribution in [-0.4, -0.2) is 20.2 Å². The molecule has 24 heavy (non-hydrogen) atoms. The smallest absolute Gasteiger partial charge is 0.208 e. The van der Waals surface area contributed by atoms with Gasteiger partial charge in [-0.2, -0.15) is 0 Å². The Balaban J connectivity index is 2.10. The van der Waals surface area contributed by atoms with Crippen molar-refractivity contribution in [3.63, 3.8) is 0 Å². The summed E-state index contributed by atoms with van der Waals surface area (Å²) in [4.78, 5) is 11.6. The summed E-state index contributed by atoms with van der Waals surface area (Å²) in [5.41, 5.74) is 0.182. The second-order valence-corrected chi connectivity index (χ2v) is 7.16. The van der Waals surface area contributed by atoms with Crippen molar-refractivity contribution in [2.24, 2.45) is 0 Å². The molecule has 2 aromatic carbocycles. The number of sulfone groups is 1. The van der Waals surface area contributed by atoms with Crippen LogP contribution in [0.15, 0.2) is 35.2 Å². The molecule has 4 nitrogen and oxygen atoms in total. The van der Waals surface area contributed by atoms with Crippen LogP contribution in [0.2, 0.25) is 0 Å². The molecule has 0 aromatic heterocycles. The minimum absolute atomic E-state index is 0.0576. The molecule has 0 atom stereocenters. The van der Waals surface area contributed by atoms with E-state index < -0.39 is 33.3 Å². The lowest BCUT2D eigenvalue weighted by molar-refractivity contribution is 0.0991. The van der Waals surface area contributed by atoms with Crippen molar-refractivity contribution >= 4 is 15.6 Å². The van der Waals surface area contributed by atoms with Crippen molar-refractivity contribution in [2.75, 3.05) is 6.01 Å². The van der Waals surface area contributed by atoms with Gasteiger partial charge >= 0.3 is 0 Å². The average Bonchev–Trinajstić information content (AvgIpc) is 2.89. The Labute approximate surface area is 135 Å². The summed E-state index contributed by atoms with van der Waals surface area (Å²) in [7, 11) is -4.22. The summed E-state index contributed by atoms with van der Waals surface area (Å²) in [6.45, 7) is 0. The van der Waals surface area contributed by atoms with Gasteiger partial charge in [-0.1, -0.05) is 0 Å². The molecule has 126 valence electrons. The van der Waals surface area contributed by atoms with Crippen LogP contribution in [0.1, 0.15) is 22.3 Å². The number of fused-ring (bicyclic) bond motifs is 1. The Hall–Kier alpha value is -2.35. The van der Waals surface area contributed by atoms with Crippen LogP contribution in [0.25, 0.3) is 0 Å². The first-order valence-corrected chi connectivity index (χ1v) is 8.59. The van der Waals surface area contributed by atoms with Gasteiger partial charge in [-0.25, -0.2) is 21.6 Å². The van der Waals surface area contributed by atoms with E-state index in [1.807, 2.05) is 0 Å². The van der Waals surface area contributed by atoms with E-state index in [9.17, 15) is 26.4 Å². The van der Waals surface area contributed by atoms with Crippen LogP contribution in [0.5, 0.6) is 11.5 Å². The van der Waals surface area contributed by atoms with Gasteiger partial charge in [0.1, 0.15) is 23.1 Å². The van der Waals surface area contributed by atoms with Crippen molar-refractivity contribution in [2.45, 2.75) is 17.7 Å². The monoisotopic (exact) mass is 356 g/mol. The molecule has 0 saturated carbocycles. The molecule has 2 aromatic rings. The molecular formula is C16H11F3O4S. The summed E-state index contributed by atoms with van der Waals surface area (Å²) < 4.78 is 68.3. The third-order valence-electron chi connectivity index (χ3n) is 3.66. The number of carbonyl (C=O) groups excluding carboxylic acids is 1. The molecular weight excluding hydrogens is 345 g/mol. The summed E-state index contributed by atoms with van der Waals surface area (Å²) in [6, 6.07) is 3.29. The van der Waals surface area contributed by atoms with Crippen LogP contribution in [0.4, 0.5) is 13.2 Å². The van der Waals surface area contributed by atoms with Gasteiger partial charge in [-0.3, -0.25) is 4.79 Å². The van der Waals surface area contributed by atoms with Gasteiger partial charge in [0.2, 0.25) is 9.84 Å². The Morgan fingerprint density at radius 1 is 1.04 bits per heavy atom. The second kappa shape index (κ2) is 5.94. The lowest BCUT2D eigenvalue weighted by Gasteiger charge is -2.13. The first kappa shape index (κ1) is 16.5. The number of carbonyl (C=O) groups is 1. The zero-order chi connectivity index (χ0) is 17.5. The van der Waals surface area contributed by atoms with E-state index in [0.29, 0.717) is 11.6 Å². The molecule has 0 radical (unpaired) electrons. The topological polar surface area (TPSA) is 60.4 Å². The highest BCUT2D eigenvalue weighted by Crippen LogP contribution is 2.38. The highest BCUT2D eigenvalue weighted by molar-refractivity contribution is 7.91. The van der Waals surface area contributed by atoms with E-state index in [-0.39, 0.29) is 34.8 Å². The zero-order valence-electron chi connectivity index (χ0n) is 12.2. The quantitative estimate of drug-likeness (QED) is 0.840. The Bertz CT molecular complexity index is 918. The number of benzene rings is 2. The number of ether oxygens (including phenoxy) is 1. The van der Waals surface area contributed by atoms with Crippen molar-refractivity contribution < 1.29 is 31.1 Å². The minimum Gasteiger partial charge on any atom is -0.457 e. The number of alkyl halides is 1. The van der Waals surface area contributed by atoms with Crippen LogP contribution in [0, 0.1) is 11.6 Å². The zero-order valence-corrected chi connectivity index (χ0v) is 13.0. The maximum atomic E-state index is 13.2. The van der Waals surface area contributed by atoms with Gasteiger partial charge in [-0.15, -0.1) is 0 Å². The van der Waals surface area contributed by atoms with Gasteiger partial charge < -0.3 is 4.74 Å². The third kappa shape index (κ3) is 2.89. The molecule has 0 N–H and O–H groups in total. The molecule has 0 unspecified atom stereocenters. The van der Waals surface area contributed by atoms with Crippen LogP contribution >= 0.6 is 0 Å². The maximum absolute atomic E-state index is 13.2. The van der Waals surface area contributed by atoms with Crippen LogP contribution in [0.3, 0.4) is 0 Å². The lowest BCUT2D eigenvalue weighted by Crippen LogP contribution is -2.09. The average molecular weight is 356 g/mol. The summed E-state index contributed by atoms with van der Waals surface area (Å²) in [5, 5.41) is 0. The van der Waals surface area contributed by atoms with E-state index in [4.69, 9.17) is 4.74 Å². The highest BCUT2D eigenvalue weighted by atomic mass is 32.2. The first-order valence-electron chi connectivity index (χ1n) is 6.93. The molecule has 1 aliphatic rings. The molecule has 0 fully saturated rings. The number of hydrogen-bond acceptors (Lipinski definition) is 4. The molecule has 0 aliphatic heterocycles. The molecule has 0 spiro atoms. The Kier molecular flexibility index (Phi) is 4.08. The van der Waals surface area contributed by atoms with E-state index in [1.54, 1.807) is 0 Å². The van der Waals surface area contributed by atoms with Gasteiger partial charge in [-0.05, 0) is 18.6 Å². The minimum atomic E-state index is -4.22. The SMILES string of the molecule is O=C1CCc2c(Oc3cc(F)cc(F)c3)ccc(S(=O)(=O)CF)c21. The fourth-order valence-electron chi connectivity index (χ4n) is 2.65. The first-order chi connectivity index (χ1) is 11.3. The van der Waals surface area contributed by atoms with Crippen molar-refractivity contribution in [3.05, 3.63) is 53.1 Å². The second-order valence-electron chi connectivity index (χ2n) is 5.27. The molecule has 0 heterocycles. The van der Waals surface area contributed by atoms with Gasteiger partial charge in [0, 0.05) is 35.7 Å². The molecule has 8 heteroatoms. The van der Waals surface area contributed by atoms with Crippen molar-refractivity contribution in [1.82, 2.24) is 0 Å². The fourth-order valence-corrected chi connectivity index (χ4v) is 3.59. The molecule has 0 amide bonds. The number of hydrogen-bond donors (Lipinski definition) is 0. The molecule has 0 saturated heterocycles.